The number of nitrogens with zero attached hydrogens (tertiary/aromatic N) is 2. The molecule has 0 fully saturated rings. The molecule has 0 saturated heterocycles. The Morgan fingerprint density at radius 3 is 2.70 bits per heavy atom. The van der Waals surface area contributed by atoms with Crippen LogP contribution in [0.2, 0.25) is 0 Å². The fraction of sp³-hybridized carbons (Fsp3) is 0.125. The van der Waals surface area contributed by atoms with Crippen LogP contribution in [-0.2, 0) is 11.3 Å². The lowest BCUT2D eigenvalue weighted by atomic mass is 10.1. The highest BCUT2D eigenvalue weighted by Crippen LogP contribution is 2.11. The Hall–Kier alpha value is -3.22. The van der Waals surface area contributed by atoms with Crippen molar-refractivity contribution in [2.24, 2.45) is 0 Å². The van der Waals surface area contributed by atoms with Crippen LogP contribution in [0.5, 0.6) is 0 Å². The normalized spacial score (nSPS) is 10.7. The number of fused-ring (bicyclic) bond motifs is 1. The van der Waals surface area contributed by atoms with Crippen LogP contribution >= 0.6 is 0 Å². The van der Waals surface area contributed by atoms with E-state index in [2.05, 4.69) is 15.4 Å². The van der Waals surface area contributed by atoms with Gasteiger partial charge in [0.2, 0.25) is 11.3 Å². The van der Waals surface area contributed by atoms with Gasteiger partial charge in [-0.25, -0.2) is 4.68 Å². The van der Waals surface area contributed by atoms with Crippen LogP contribution in [0.1, 0.15) is 5.69 Å². The number of carbonyl (C=O) groups is 1. The van der Waals surface area contributed by atoms with Gasteiger partial charge in [-0.1, -0.05) is 18.2 Å². The van der Waals surface area contributed by atoms with Crippen molar-refractivity contribution in [1.29, 1.82) is 0 Å². The summed E-state index contributed by atoms with van der Waals surface area (Å²) >= 11 is 0. The Labute approximate surface area is 130 Å². The van der Waals surface area contributed by atoms with Crippen LogP contribution in [-0.4, -0.2) is 20.7 Å². The van der Waals surface area contributed by atoms with E-state index in [-0.39, 0.29) is 23.2 Å². The molecule has 0 aliphatic heterocycles. The number of pyridine rings is 1. The first-order valence-electron chi connectivity index (χ1n) is 6.99. The molecule has 2 aromatic heterocycles. The summed E-state index contributed by atoms with van der Waals surface area (Å²) in [4.78, 5) is 38.8. The van der Waals surface area contributed by atoms with Gasteiger partial charge < -0.3 is 10.3 Å². The van der Waals surface area contributed by atoms with Gasteiger partial charge in [-0.2, -0.15) is 5.10 Å². The molecule has 23 heavy (non-hydrogen) atoms. The number of rotatable bonds is 3. The van der Waals surface area contributed by atoms with Crippen LogP contribution in [0.3, 0.4) is 0 Å². The lowest BCUT2D eigenvalue weighted by Crippen LogP contribution is -2.31. The molecule has 1 amide bonds. The molecule has 7 heteroatoms. The number of hydrogen-bond acceptors (Lipinski definition) is 4. The van der Waals surface area contributed by atoms with Crippen LogP contribution in [0.25, 0.3) is 10.8 Å². The standard InChI is InChI=1S/C16H14N4O3/c1-10-11-4-2-3-5-12(11)16(23)20(19-10)9-15(22)18-13-8-17-7-6-14(13)21/h2-8H,9H2,1H3,(H,17,21)(H,18,22). The fourth-order valence-electron chi connectivity index (χ4n) is 2.35. The third kappa shape index (κ3) is 2.89. The number of hydrogen-bond donors (Lipinski definition) is 2. The van der Waals surface area contributed by atoms with Gasteiger partial charge >= 0.3 is 0 Å². The van der Waals surface area contributed by atoms with Crippen LogP contribution < -0.4 is 16.3 Å². The van der Waals surface area contributed by atoms with Gasteiger partial charge in [-0.05, 0) is 13.0 Å². The number of nitrogens with one attached hydrogen (secondary N) is 2. The molecule has 0 spiro atoms. The van der Waals surface area contributed by atoms with Gasteiger partial charge in [-0.3, -0.25) is 14.4 Å². The molecule has 0 aliphatic rings. The lowest BCUT2D eigenvalue weighted by Gasteiger charge is -2.09. The zero-order valence-corrected chi connectivity index (χ0v) is 12.4. The van der Waals surface area contributed by atoms with Gasteiger partial charge in [0.05, 0.1) is 11.1 Å². The summed E-state index contributed by atoms with van der Waals surface area (Å²) in [6.45, 7) is 1.51. The van der Waals surface area contributed by atoms with E-state index in [1.54, 1.807) is 19.1 Å². The lowest BCUT2D eigenvalue weighted by molar-refractivity contribution is -0.117. The van der Waals surface area contributed by atoms with Crippen molar-refractivity contribution < 1.29 is 4.79 Å². The molecule has 2 N–H and O–H groups in total. The van der Waals surface area contributed by atoms with Gasteiger partial charge in [0, 0.05) is 23.8 Å². The van der Waals surface area contributed by atoms with Crippen molar-refractivity contribution in [2.45, 2.75) is 13.5 Å². The van der Waals surface area contributed by atoms with E-state index in [1.165, 1.54) is 18.5 Å². The number of benzene rings is 1. The molecule has 0 unspecified atom stereocenters. The SMILES string of the molecule is Cc1nn(CC(=O)Nc2c[nH]ccc2=O)c(=O)c2ccccc12. The second-order valence-corrected chi connectivity index (χ2v) is 5.06. The minimum atomic E-state index is -0.494. The Morgan fingerprint density at radius 2 is 1.96 bits per heavy atom. The van der Waals surface area contributed by atoms with Crippen molar-refractivity contribution in [3.8, 4) is 0 Å². The maximum atomic E-state index is 12.4. The number of carbonyl (C=O) groups excluding carboxylic acids is 1. The van der Waals surface area contributed by atoms with Crippen LogP contribution in [0.4, 0.5) is 5.69 Å². The molecular formula is C16H14N4O3. The zero-order valence-electron chi connectivity index (χ0n) is 12.4. The number of anilines is 1. The highest BCUT2D eigenvalue weighted by Gasteiger charge is 2.11. The number of aryl methyl sites for hydroxylation is 1. The predicted molar refractivity (Wildman–Crippen MR) is 86.4 cm³/mol. The largest absolute Gasteiger partial charge is 0.366 e. The first-order valence-corrected chi connectivity index (χ1v) is 6.99. The van der Waals surface area contributed by atoms with E-state index in [0.717, 1.165) is 10.1 Å². The van der Waals surface area contributed by atoms with Crippen LogP contribution in [0, 0.1) is 6.92 Å². The maximum Gasteiger partial charge on any atom is 0.275 e. The molecule has 116 valence electrons. The smallest absolute Gasteiger partial charge is 0.275 e. The van der Waals surface area contributed by atoms with Crippen molar-refractivity contribution >= 4 is 22.4 Å². The summed E-state index contributed by atoms with van der Waals surface area (Å²) < 4.78 is 1.10. The summed E-state index contributed by atoms with van der Waals surface area (Å²) in [5.41, 5.74) is 0.129. The number of aromatic amines is 1. The molecule has 0 aliphatic carbocycles. The minimum absolute atomic E-state index is 0.128. The molecule has 2 heterocycles. The summed E-state index contributed by atoms with van der Waals surface area (Å²) in [6.07, 6.45) is 2.86. The molecular weight excluding hydrogens is 296 g/mol. The van der Waals surface area contributed by atoms with E-state index in [1.807, 2.05) is 12.1 Å². The monoisotopic (exact) mass is 310 g/mol. The quantitative estimate of drug-likeness (QED) is 0.755. The van der Waals surface area contributed by atoms with Crippen molar-refractivity contribution in [2.75, 3.05) is 5.32 Å². The minimum Gasteiger partial charge on any atom is -0.366 e. The zero-order chi connectivity index (χ0) is 16.4. The highest BCUT2D eigenvalue weighted by atomic mass is 16.2. The fourth-order valence-corrected chi connectivity index (χ4v) is 2.35. The summed E-state index contributed by atoms with van der Waals surface area (Å²) in [5, 5.41) is 7.90. The topological polar surface area (TPSA) is 96.8 Å². The molecule has 7 nitrogen and oxygen atoms in total. The first kappa shape index (κ1) is 14.7. The molecule has 1 aromatic carbocycles. The Kier molecular flexibility index (Phi) is 3.76. The van der Waals surface area contributed by atoms with E-state index in [0.29, 0.717) is 11.1 Å². The highest BCUT2D eigenvalue weighted by molar-refractivity contribution is 5.90. The summed E-state index contributed by atoms with van der Waals surface area (Å²) in [5.74, 6) is -0.494. The molecule has 0 bridgehead atoms. The maximum absolute atomic E-state index is 12.4. The van der Waals surface area contributed by atoms with Crippen molar-refractivity contribution in [3.63, 3.8) is 0 Å². The third-order valence-corrected chi connectivity index (χ3v) is 3.44. The predicted octanol–water partition coefficient (Wildman–Crippen LogP) is 1.03. The van der Waals surface area contributed by atoms with Gasteiger partial charge in [0.1, 0.15) is 12.2 Å². The Morgan fingerprint density at radius 1 is 1.22 bits per heavy atom. The van der Waals surface area contributed by atoms with Gasteiger partial charge in [0.15, 0.2) is 0 Å². The third-order valence-electron chi connectivity index (χ3n) is 3.44. The van der Waals surface area contributed by atoms with Crippen LogP contribution in [0.15, 0.2) is 52.3 Å². The molecule has 0 saturated carbocycles. The number of aromatic nitrogens is 3. The number of amides is 1. The first-order chi connectivity index (χ1) is 11.1. The average molecular weight is 310 g/mol. The van der Waals surface area contributed by atoms with Crippen molar-refractivity contribution in [1.82, 2.24) is 14.8 Å². The van der Waals surface area contributed by atoms with Gasteiger partial charge in [-0.15, -0.1) is 0 Å². The van der Waals surface area contributed by atoms with E-state index >= 15 is 0 Å². The number of H-pyrrole nitrogens is 1. The molecule has 0 atom stereocenters. The Bertz CT molecular complexity index is 1000. The van der Waals surface area contributed by atoms with E-state index in [9.17, 15) is 14.4 Å². The molecule has 3 rings (SSSR count). The second kappa shape index (κ2) is 5.88. The summed E-state index contributed by atoms with van der Waals surface area (Å²) in [6, 6.07) is 8.40. The second-order valence-electron chi connectivity index (χ2n) is 5.06. The van der Waals surface area contributed by atoms with E-state index < -0.39 is 5.91 Å². The molecule has 0 radical (unpaired) electrons. The summed E-state index contributed by atoms with van der Waals surface area (Å²) in [7, 11) is 0. The van der Waals surface area contributed by atoms with Gasteiger partial charge in [0.25, 0.3) is 5.56 Å². The van der Waals surface area contributed by atoms with E-state index in [4.69, 9.17) is 0 Å². The Balaban J connectivity index is 1.91. The van der Waals surface area contributed by atoms with Crippen molar-refractivity contribution in [3.05, 3.63) is 69.0 Å². The molecule has 3 aromatic rings. The average Bonchev–Trinajstić information content (AvgIpc) is 2.54.